The minimum atomic E-state index is -0.378. The molecule has 0 atom stereocenters. The first-order valence-electron chi connectivity index (χ1n) is 8.56. The Hall–Kier alpha value is -2.59. The van der Waals surface area contributed by atoms with Crippen molar-refractivity contribution in [2.24, 2.45) is 0 Å². The first kappa shape index (κ1) is 18.2. The third-order valence-corrected chi connectivity index (χ3v) is 4.51. The lowest BCUT2D eigenvalue weighted by molar-refractivity contribution is -0.122. The maximum Gasteiger partial charge on any atom is 0.224 e. The second-order valence-electron chi connectivity index (χ2n) is 6.99. The molecule has 3 rings (SSSR count). The third-order valence-electron chi connectivity index (χ3n) is 4.14. The minimum absolute atomic E-state index is 0.00565. The number of benzene rings is 2. The highest BCUT2D eigenvalue weighted by molar-refractivity contribution is 6.31. The molecule has 1 heterocycles. The van der Waals surface area contributed by atoms with Gasteiger partial charge in [-0.25, -0.2) is 4.68 Å². The molecule has 1 aromatic heterocycles. The van der Waals surface area contributed by atoms with E-state index in [0.29, 0.717) is 12.8 Å². The maximum atomic E-state index is 12.5. The van der Waals surface area contributed by atoms with Crippen molar-refractivity contribution in [2.75, 3.05) is 0 Å². The van der Waals surface area contributed by atoms with Gasteiger partial charge >= 0.3 is 0 Å². The van der Waals surface area contributed by atoms with E-state index in [4.69, 9.17) is 11.6 Å². The molecule has 1 amide bonds. The van der Waals surface area contributed by atoms with E-state index < -0.39 is 0 Å². The second-order valence-corrected chi connectivity index (χ2v) is 7.40. The van der Waals surface area contributed by atoms with Gasteiger partial charge in [0.2, 0.25) is 5.91 Å². The largest absolute Gasteiger partial charge is 0.351 e. The molecule has 5 heteroatoms. The van der Waals surface area contributed by atoms with Gasteiger partial charge in [-0.15, -0.1) is 0 Å². The standard InChI is InChI=1S/C21H22ClN3O/c1-21(2,15-17-6-3-4-7-19(17)22)24-20(26)14-16-8-10-18(11-9-16)25-13-5-12-23-25/h3-13H,14-15H2,1-2H3,(H,24,26). The van der Waals surface area contributed by atoms with Gasteiger partial charge in [-0.05, 0) is 55.7 Å². The van der Waals surface area contributed by atoms with Crippen LogP contribution >= 0.6 is 11.6 Å². The molecular weight excluding hydrogens is 346 g/mol. The van der Waals surface area contributed by atoms with Crippen molar-refractivity contribution in [3.05, 3.63) is 83.1 Å². The monoisotopic (exact) mass is 367 g/mol. The second kappa shape index (κ2) is 7.75. The Morgan fingerprint density at radius 2 is 1.85 bits per heavy atom. The Labute approximate surface area is 158 Å². The Bertz CT molecular complexity index is 871. The summed E-state index contributed by atoms with van der Waals surface area (Å²) in [6.07, 6.45) is 4.64. The van der Waals surface area contributed by atoms with Gasteiger partial charge in [0.15, 0.2) is 0 Å². The highest BCUT2D eigenvalue weighted by Gasteiger charge is 2.22. The van der Waals surface area contributed by atoms with E-state index in [9.17, 15) is 4.79 Å². The van der Waals surface area contributed by atoms with Gasteiger partial charge in [0, 0.05) is 23.0 Å². The molecule has 0 radical (unpaired) electrons. The van der Waals surface area contributed by atoms with Crippen molar-refractivity contribution in [3.63, 3.8) is 0 Å². The summed E-state index contributed by atoms with van der Waals surface area (Å²) in [5.74, 6) is -0.00565. The number of halogens is 1. The van der Waals surface area contributed by atoms with Crippen LogP contribution in [0.4, 0.5) is 0 Å². The fourth-order valence-corrected chi connectivity index (χ4v) is 3.16. The normalized spacial score (nSPS) is 11.3. The van der Waals surface area contributed by atoms with Crippen LogP contribution in [0.5, 0.6) is 0 Å². The van der Waals surface area contributed by atoms with Gasteiger partial charge in [-0.1, -0.05) is 41.9 Å². The van der Waals surface area contributed by atoms with Gasteiger partial charge in [0.1, 0.15) is 0 Å². The Balaban J connectivity index is 1.60. The number of nitrogens with one attached hydrogen (secondary N) is 1. The van der Waals surface area contributed by atoms with E-state index in [0.717, 1.165) is 21.8 Å². The predicted molar refractivity (Wildman–Crippen MR) is 105 cm³/mol. The van der Waals surface area contributed by atoms with E-state index in [-0.39, 0.29) is 11.4 Å². The number of hydrogen-bond acceptors (Lipinski definition) is 2. The summed E-state index contributed by atoms with van der Waals surface area (Å²) < 4.78 is 1.79. The third kappa shape index (κ3) is 4.73. The Morgan fingerprint density at radius 1 is 1.12 bits per heavy atom. The number of amides is 1. The summed E-state index contributed by atoms with van der Waals surface area (Å²) in [6.45, 7) is 4.02. The van der Waals surface area contributed by atoms with Crippen molar-refractivity contribution in [2.45, 2.75) is 32.2 Å². The summed E-state index contributed by atoms with van der Waals surface area (Å²) in [6, 6.07) is 17.4. The van der Waals surface area contributed by atoms with Crippen LogP contribution in [0, 0.1) is 0 Å². The quantitative estimate of drug-likeness (QED) is 0.709. The van der Waals surface area contributed by atoms with Crippen LogP contribution < -0.4 is 5.32 Å². The number of carbonyl (C=O) groups is 1. The number of hydrogen-bond donors (Lipinski definition) is 1. The Kier molecular flexibility index (Phi) is 5.43. The SMILES string of the molecule is CC(C)(Cc1ccccc1Cl)NC(=O)Cc1ccc(-n2cccn2)cc1. The molecule has 0 saturated heterocycles. The lowest BCUT2D eigenvalue weighted by atomic mass is 9.94. The molecule has 4 nitrogen and oxygen atoms in total. The molecule has 0 unspecified atom stereocenters. The predicted octanol–water partition coefficient (Wildman–Crippen LogP) is 4.21. The van der Waals surface area contributed by atoms with E-state index in [1.54, 1.807) is 10.9 Å². The zero-order valence-corrected chi connectivity index (χ0v) is 15.7. The molecular formula is C21H22ClN3O. The van der Waals surface area contributed by atoms with Crippen LogP contribution in [0.2, 0.25) is 5.02 Å². The summed E-state index contributed by atoms with van der Waals surface area (Å²) in [5, 5.41) is 8.03. The number of nitrogens with zero attached hydrogens (tertiary/aromatic N) is 2. The van der Waals surface area contributed by atoms with Crippen LogP contribution in [-0.2, 0) is 17.6 Å². The number of carbonyl (C=O) groups excluding carboxylic acids is 1. The van der Waals surface area contributed by atoms with E-state index >= 15 is 0 Å². The molecule has 26 heavy (non-hydrogen) atoms. The number of aromatic nitrogens is 2. The van der Waals surface area contributed by atoms with Crippen LogP contribution in [0.25, 0.3) is 5.69 Å². The summed E-state index contributed by atoms with van der Waals surface area (Å²) in [4.78, 5) is 12.5. The molecule has 0 aliphatic rings. The molecule has 1 N–H and O–H groups in total. The Morgan fingerprint density at radius 3 is 2.50 bits per heavy atom. The lowest BCUT2D eigenvalue weighted by Gasteiger charge is -2.27. The molecule has 0 saturated carbocycles. The van der Waals surface area contributed by atoms with Crippen LogP contribution in [0.1, 0.15) is 25.0 Å². The van der Waals surface area contributed by atoms with Crippen molar-refractivity contribution >= 4 is 17.5 Å². The molecule has 0 fully saturated rings. The average molecular weight is 368 g/mol. The van der Waals surface area contributed by atoms with Gasteiger partial charge in [-0.3, -0.25) is 4.79 Å². The fourth-order valence-electron chi connectivity index (χ4n) is 2.96. The van der Waals surface area contributed by atoms with Crippen molar-refractivity contribution < 1.29 is 4.79 Å². The summed E-state index contributed by atoms with van der Waals surface area (Å²) in [5.41, 5.74) is 2.59. The molecule has 2 aromatic carbocycles. The lowest BCUT2D eigenvalue weighted by Crippen LogP contribution is -2.45. The highest BCUT2D eigenvalue weighted by Crippen LogP contribution is 2.21. The van der Waals surface area contributed by atoms with Crippen LogP contribution in [0.3, 0.4) is 0 Å². The van der Waals surface area contributed by atoms with Crippen molar-refractivity contribution in [1.29, 1.82) is 0 Å². The molecule has 134 valence electrons. The summed E-state index contributed by atoms with van der Waals surface area (Å²) in [7, 11) is 0. The fraction of sp³-hybridized carbons (Fsp3) is 0.238. The zero-order chi connectivity index (χ0) is 18.6. The van der Waals surface area contributed by atoms with Crippen molar-refractivity contribution in [3.8, 4) is 5.69 Å². The first-order valence-corrected chi connectivity index (χ1v) is 8.94. The average Bonchev–Trinajstić information content (AvgIpc) is 3.11. The highest BCUT2D eigenvalue weighted by atomic mass is 35.5. The molecule has 3 aromatic rings. The van der Waals surface area contributed by atoms with Gasteiger partial charge in [-0.2, -0.15) is 5.10 Å². The molecule has 0 aliphatic heterocycles. The van der Waals surface area contributed by atoms with Crippen molar-refractivity contribution in [1.82, 2.24) is 15.1 Å². The maximum absolute atomic E-state index is 12.5. The van der Waals surface area contributed by atoms with Gasteiger partial charge < -0.3 is 5.32 Å². The van der Waals surface area contributed by atoms with Crippen LogP contribution in [0.15, 0.2) is 67.0 Å². The molecule has 0 aliphatic carbocycles. The number of rotatable bonds is 6. The zero-order valence-electron chi connectivity index (χ0n) is 14.9. The smallest absolute Gasteiger partial charge is 0.224 e. The van der Waals surface area contributed by atoms with Crippen LogP contribution in [-0.4, -0.2) is 21.2 Å². The topological polar surface area (TPSA) is 46.9 Å². The summed E-state index contributed by atoms with van der Waals surface area (Å²) >= 11 is 6.23. The molecule has 0 bridgehead atoms. The van der Waals surface area contributed by atoms with Gasteiger partial charge in [0.05, 0.1) is 12.1 Å². The van der Waals surface area contributed by atoms with E-state index in [1.807, 2.05) is 74.6 Å². The molecule has 0 spiro atoms. The van der Waals surface area contributed by atoms with E-state index in [2.05, 4.69) is 10.4 Å². The first-order chi connectivity index (χ1) is 12.4. The van der Waals surface area contributed by atoms with E-state index in [1.165, 1.54) is 0 Å². The van der Waals surface area contributed by atoms with Gasteiger partial charge in [0.25, 0.3) is 0 Å². The minimum Gasteiger partial charge on any atom is -0.351 e.